The lowest BCUT2D eigenvalue weighted by Gasteiger charge is -2.13. The van der Waals surface area contributed by atoms with Gasteiger partial charge >= 0.3 is 0 Å². The quantitative estimate of drug-likeness (QED) is 0.755. The largest absolute Gasteiger partial charge is 0.496 e. The summed E-state index contributed by atoms with van der Waals surface area (Å²) in [5.41, 5.74) is 6.61. The van der Waals surface area contributed by atoms with Crippen LogP contribution in [0.5, 0.6) is 11.6 Å². The molecule has 0 spiro atoms. The third kappa shape index (κ3) is 2.37. The molecule has 0 fully saturated rings. The Labute approximate surface area is 88.8 Å². The van der Waals surface area contributed by atoms with E-state index < -0.39 is 6.10 Å². The van der Waals surface area contributed by atoms with Gasteiger partial charge in [0.15, 0.2) is 0 Å². The molecule has 0 aromatic carbocycles. The van der Waals surface area contributed by atoms with Crippen molar-refractivity contribution < 1.29 is 14.6 Å². The molecule has 5 heteroatoms. The summed E-state index contributed by atoms with van der Waals surface area (Å²) in [5.74, 6) is 1.07. The van der Waals surface area contributed by atoms with Gasteiger partial charge in [-0.3, -0.25) is 0 Å². The molecule has 1 unspecified atom stereocenters. The van der Waals surface area contributed by atoms with Crippen LogP contribution in [-0.4, -0.2) is 30.9 Å². The van der Waals surface area contributed by atoms with Crippen molar-refractivity contribution in [3.63, 3.8) is 0 Å². The monoisotopic (exact) mass is 212 g/mol. The Morgan fingerprint density at radius 2 is 2.13 bits per heavy atom. The fourth-order valence-corrected chi connectivity index (χ4v) is 1.28. The summed E-state index contributed by atoms with van der Waals surface area (Å²) >= 11 is 0. The first-order valence-corrected chi connectivity index (χ1v) is 4.61. The van der Waals surface area contributed by atoms with E-state index >= 15 is 0 Å². The van der Waals surface area contributed by atoms with Crippen molar-refractivity contribution in [3.8, 4) is 11.6 Å². The average molecular weight is 212 g/mol. The van der Waals surface area contributed by atoms with Crippen molar-refractivity contribution in [2.24, 2.45) is 5.73 Å². The third-order valence-corrected chi connectivity index (χ3v) is 2.18. The maximum absolute atomic E-state index is 9.56. The Hall–Kier alpha value is -1.33. The van der Waals surface area contributed by atoms with Crippen molar-refractivity contribution in [2.45, 2.75) is 13.0 Å². The van der Waals surface area contributed by atoms with E-state index in [0.717, 1.165) is 5.56 Å². The molecule has 0 radical (unpaired) electrons. The van der Waals surface area contributed by atoms with Crippen LogP contribution in [0.2, 0.25) is 0 Å². The second-order valence-corrected chi connectivity index (χ2v) is 3.14. The molecule has 15 heavy (non-hydrogen) atoms. The van der Waals surface area contributed by atoms with Crippen LogP contribution in [0.15, 0.2) is 6.07 Å². The molecule has 84 valence electrons. The molecule has 0 aliphatic heterocycles. The molecule has 0 amide bonds. The number of hydrogen-bond donors (Lipinski definition) is 2. The van der Waals surface area contributed by atoms with Crippen molar-refractivity contribution in [3.05, 3.63) is 17.3 Å². The van der Waals surface area contributed by atoms with Gasteiger partial charge < -0.3 is 20.3 Å². The zero-order valence-corrected chi connectivity index (χ0v) is 9.15. The zero-order valence-electron chi connectivity index (χ0n) is 9.15. The third-order valence-electron chi connectivity index (χ3n) is 2.18. The molecule has 0 saturated heterocycles. The van der Waals surface area contributed by atoms with Gasteiger partial charge in [-0.25, -0.2) is 4.98 Å². The van der Waals surface area contributed by atoms with E-state index in [1.54, 1.807) is 13.2 Å². The molecule has 1 aromatic heterocycles. The van der Waals surface area contributed by atoms with Gasteiger partial charge in [-0.1, -0.05) is 0 Å². The number of pyridine rings is 1. The Balaban J connectivity index is 3.20. The fourth-order valence-electron chi connectivity index (χ4n) is 1.28. The van der Waals surface area contributed by atoms with Crippen LogP contribution in [-0.2, 0) is 0 Å². The van der Waals surface area contributed by atoms with Gasteiger partial charge in [0.25, 0.3) is 0 Å². The molecule has 0 aliphatic carbocycles. The smallest absolute Gasteiger partial charge is 0.220 e. The Morgan fingerprint density at radius 1 is 1.47 bits per heavy atom. The minimum atomic E-state index is -0.798. The average Bonchev–Trinajstić information content (AvgIpc) is 2.28. The first-order chi connectivity index (χ1) is 7.13. The van der Waals surface area contributed by atoms with E-state index in [1.165, 1.54) is 7.11 Å². The Bertz CT molecular complexity index is 316. The van der Waals surface area contributed by atoms with Crippen LogP contribution < -0.4 is 15.2 Å². The summed E-state index contributed by atoms with van der Waals surface area (Å²) < 4.78 is 10.2. The van der Waals surface area contributed by atoms with Gasteiger partial charge in [-0.15, -0.1) is 0 Å². The molecule has 5 nitrogen and oxygen atoms in total. The lowest BCUT2D eigenvalue weighted by molar-refractivity contribution is 0.180. The predicted molar refractivity (Wildman–Crippen MR) is 56.1 cm³/mol. The summed E-state index contributed by atoms with van der Waals surface area (Å²) in [6, 6.07) is 1.66. The fraction of sp³-hybridized carbons (Fsp3) is 0.500. The molecule has 1 atom stereocenters. The van der Waals surface area contributed by atoms with E-state index in [-0.39, 0.29) is 6.54 Å². The van der Waals surface area contributed by atoms with Crippen molar-refractivity contribution >= 4 is 0 Å². The normalized spacial score (nSPS) is 12.3. The number of aromatic nitrogens is 1. The Morgan fingerprint density at radius 3 is 2.60 bits per heavy atom. The van der Waals surface area contributed by atoms with E-state index in [0.29, 0.717) is 17.3 Å². The number of methoxy groups -OCH3 is 2. The summed E-state index contributed by atoms with van der Waals surface area (Å²) in [7, 11) is 3.08. The van der Waals surface area contributed by atoms with Crippen LogP contribution in [0.4, 0.5) is 0 Å². The number of hydrogen-bond acceptors (Lipinski definition) is 5. The number of nitrogens with zero attached hydrogens (tertiary/aromatic N) is 1. The topological polar surface area (TPSA) is 77.6 Å². The second-order valence-electron chi connectivity index (χ2n) is 3.14. The molecule has 0 aliphatic rings. The number of rotatable bonds is 4. The zero-order chi connectivity index (χ0) is 11.4. The molecule has 1 heterocycles. The summed E-state index contributed by atoms with van der Waals surface area (Å²) in [5, 5.41) is 9.56. The van der Waals surface area contributed by atoms with E-state index in [4.69, 9.17) is 15.2 Å². The van der Waals surface area contributed by atoms with Gasteiger partial charge in [0.2, 0.25) is 5.88 Å². The number of nitrogens with two attached hydrogens (primary N) is 1. The lowest BCUT2D eigenvalue weighted by atomic mass is 10.2. The van der Waals surface area contributed by atoms with Crippen LogP contribution in [0.1, 0.15) is 17.4 Å². The van der Waals surface area contributed by atoms with Crippen LogP contribution in [0, 0.1) is 6.92 Å². The highest BCUT2D eigenvalue weighted by molar-refractivity contribution is 5.41. The van der Waals surface area contributed by atoms with Crippen molar-refractivity contribution in [1.82, 2.24) is 4.98 Å². The van der Waals surface area contributed by atoms with Gasteiger partial charge in [-0.05, 0) is 6.92 Å². The van der Waals surface area contributed by atoms with Crippen molar-refractivity contribution in [2.75, 3.05) is 20.8 Å². The van der Waals surface area contributed by atoms with E-state index in [1.807, 2.05) is 6.92 Å². The summed E-state index contributed by atoms with van der Waals surface area (Å²) in [6.07, 6.45) is -0.798. The standard InChI is InChI=1S/C10H16N2O3/c1-6-9(14-2)4-7(8(13)5-11)12-10(6)15-3/h4,8,13H,5,11H2,1-3H3. The molecule has 0 saturated carbocycles. The lowest BCUT2D eigenvalue weighted by Crippen LogP contribution is -2.14. The van der Waals surface area contributed by atoms with Crippen LogP contribution in [0.25, 0.3) is 0 Å². The maximum atomic E-state index is 9.56. The predicted octanol–water partition coefficient (Wildman–Crippen LogP) is 0.399. The van der Waals surface area contributed by atoms with E-state index in [9.17, 15) is 5.11 Å². The highest BCUT2D eigenvalue weighted by atomic mass is 16.5. The number of aliphatic hydroxyl groups excluding tert-OH is 1. The first kappa shape index (κ1) is 11.7. The highest BCUT2D eigenvalue weighted by Gasteiger charge is 2.14. The molecular formula is C10H16N2O3. The molecule has 0 bridgehead atoms. The second kappa shape index (κ2) is 4.95. The van der Waals surface area contributed by atoms with Gasteiger partial charge in [0.05, 0.1) is 25.5 Å². The summed E-state index contributed by atoms with van der Waals surface area (Å²) in [4.78, 5) is 4.14. The Kier molecular flexibility index (Phi) is 3.88. The number of ether oxygens (including phenoxy) is 2. The summed E-state index contributed by atoms with van der Waals surface area (Å²) in [6.45, 7) is 1.95. The first-order valence-electron chi connectivity index (χ1n) is 4.61. The minimum Gasteiger partial charge on any atom is -0.496 e. The van der Waals surface area contributed by atoms with Gasteiger partial charge in [0.1, 0.15) is 11.9 Å². The molecule has 1 aromatic rings. The number of aliphatic hydroxyl groups is 1. The van der Waals surface area contributed by atoms with Crippen LogP contribution >= 0.6 is 0 Å². The highest BCUT2D eigenvalue weighted by Crippen LogP contribution is 2.28. The maximum Gasteiger partial charge on any atom is 0.220 e. The van der Waals surface area contributed by atoms with Gasteiger partial charge in [0, 0.05) is 12.6 Å². The van der Waals surface area contributed by atoms with Gasteiger partial charge in [-0.2, -0.15) is 0 Å². The van der Waals surface area contributed by atoms with Crippen molar-refractivity contribution in [1.29, 1.82) is 0 Å². The molecule has 1 rings (SSSR count). The minimum absolute atomic E-state index is 0.113. The molecular weight excluding hydrogens is 196 g/mol. The molecule has 3 N–H and O–H groups in total. The van der Waals surface area contributed by atoms with Crippen LogP contribution in [0.3, 0.4) is 0 Å². The van der Waals surface area contributed by atoms with E-state index in [2.05, 4.69) is 4.98 Å². The SMILES string of the molecule is COc1cc(C(O)CN)nc(OC)c1C.